The Balaban J connectivity index is 1.16. The molecule has 0 spiro atoms. The van der Waals surface area contributed by atoms with E-state index in [1.54, 1.807) is 7.05 Å². The number of hydrogen-bond donors (Lipinski definition) is 6. The fourth-order valence-electron chi connectivity index (χ4n) is 6.87. The van der Waals surface area contributed by atoms with E-state index < -0.39 is 5.91 Å². The Labute approximate surface area is 352 Å². The number of nitrogens with one attached hydrogen (secondary N) is 3. The number of carbonyl (C=O) groups excluding carboxylic acids is 3. The van der Waals surface area contributed by atoms with Gasteiger partial charge in [-0.25, -0.2) is 5.06 Å². The first-order valence-electron chi connectivity index (χ1n) is 21.5. The zero-order chi connectivity index (χ0) is 42.8. The summed E-state index contributed by atoms with van der Waals surface area (Å²) in [6.45, 7) is 16.3. The van der Waals surface area contributed by atoms with Crippen LogP contribution in [0.15, 0.2) is 90.6 Å². The van der Waals surface area contributed by atoms with Crippen molar-refractivity contribution in [1.82, 2.24) is 36.0 Å². The number of nitrogens with zero attached hydrogens (tertiary/aromatic N) is 4. The van der Waals surface area contributed by atoms with Crippen molar-refractivity contribution in [2.45, 2.75) is 116 Å². The minimum Gasteiger partial charge on any atom is -0.389 e. The first kappa shape index (κ1) is 48.7. The highest BCUT2D eigenvalue weighted by Crippen LogP contribution is 2.32. The highest BCUT2D eigenvalue weighted by Gasteiger charge is 2.20. The standard InChI is InChI=1S/C46H71N7O6/c1-37(47-30-12-6-17-35-53(59)46(56)29-28-45(55)49-31-13-5-15-33-50(4)57)22-23-39(3)52(58)34-16-7-14-32-48-44(54)27-24-38(2)51-36-42-20-9-8-18-40(42)25-26-41-19-10-11-21-43(41)51/h8-9,11,18,20-21,25-26,47,57-59H,1-3,5-7,10,12-17,19,22-24,27-36H2,4H3,(H,48,54)(H,49,55)/b26-25-. The zero-order valence-corrected chi connectivity index (χ0v) is 35.6. The van der Waals surface area contributed by atoms with E-state index in [-0.39, 0.29) is 31.2 Å². The molecule has 13 heteroatoms. The lowest BCUT2D eigenvalue weighted by molar-refractivity contribution is -0.166. The Bertz CT molecular complexity index is 1620. The van der Waals surface area contributed by atoms with Crippen LogP contribution in [0.2, 0.25) is 0 Å². The van der Waals surface area contributed by atoms with Gasteiger partial charge in [-0.3, -0.25) is 29.9 Å². The predicted octanol–water partition coefficient (Wildman–Crippen LogP) is 7.56. The van der Waals surface area contributed by atoms with Gasteiger partial charge in [0.1, 0.15) is 0 Å². The number of rotatable bonds is 30. The SMILES string of the molecule is C=C(CCC(=C)N(O)CCCCCNC(=O)CCC(=C)N1Cc2ccccc2/C=C\C2=C1C=CCC2)NCCCCCN(O)C(=O)CCC(=O)NCCCCCN(C)O. The second-order valence-electron chi connectivity index (χ2n) is 15.5. The van der Waals surface area contributed by atoms with Crippen molar-refractivity contribution in [3.8, 4) is 0 Å². The normalized spacial score (nSPS) is 13.8. The van der Waals surface area contributed by atoms with Gasteiger partial charge in [-0.2, -0.15) is 5.06 Å². The molecular weight excluding hydrogens is 747 g/mol. The van der Waals surface area contributed by atoms with Crippen molar-refractivity contribution in [2.24, 2.45) is 0 Å². The second kappa shape index (κ2) is 27.9. The average molecular weight is 818 g/mol. The van der Waals surface area contributed by atoms with Gasteiger partial charge in [0.2, 0.25) is 17.7 Å². The summed E-state index contributed by atoms with van der Waals surface area (Å²) in [5.74, 6) is -0.663. The van der Waals surface area contributed by atoms with Crippen LogP contribution < -0.4 is 16.0 Å². The third-order valence-corrected chi connectivity index (χ3v) is 10.6. The van der Waals surface area contributed by atoms with Crippen molar-refractivity contribution in [3.63, 3.8) is 0 Å². The molecule has 6 N–H and O–H groups in total. The lowest BCUT2D eigenvalue weighted by Gasteiger charge is -2.32. The molecule has 3 rings (SSSR count). The molecule has 0 aromatic heterocycles. The summed E-state index contributed by atoms with van der Waals surface area (Å²) >= 11 is 0. The number of benzene rings is 1. The Kier molecular flexibility index (Phi) is 23.0. The van der Waals surface area contributed by atoms with Gasteiger partial charge in [-0.15, -0.1) is 0 Å². The van der Waals surface area contributed by atoms with E-state index in [2.05, 4.69) is 89.2 Å². The molecule has 1 aliphatic carbocycles. The van der Waals surface area contributed by atoms with Gasteiger partial charge in [0.25, 0.3) is 0 Å². The van der Waals surface area contributed by atoms with E-state index in [1.165, 1.54) is 27.5 Å². The molecule has 0 saturated heterocycles. The van der Waals surface area contributed by atoms with Crippen LogP contribution in [-0.4, -0.2) is 99.7 Å². The first-order valence-corrected chi connectivity index (χ1v) is 21.5. The van der Waals surface area contributed by atoms with Crippen molar-refractivity contribution in [1.29, 1.82) is 0 Å². The van der Waals surface area contributed by atoms with Gasteiger partial charge in [0.05, 0.1) is 0 Å². The van der Waals surface area contributed by atoms with Crippen LogP contribution in [0, 0.1) is 0 Å². The number of carbonyl (C=O) groups is 3. The van der Waals surface area contributed by atoms with Gasteiger partial charge in [0.15, 0.2) is 0 Å². The molecule has 1 aliphatic heterocycles. The molecule has 1 aromatic rings. The van der Waals surface area contributed by atoms with Gasteiger partial charge >= 0.3 is 0 Å². The minimum absolute atomic E-state index is 0.0169. The zero-order valence-electron chi connectivity index (χ0n) is 35.6. The molecule has 3 amide bonds. The topological polar surface area (TPSA) is 161 Å². The van der Waals surface area contributed by atoms with E-state index in [0.717, 1.165) is 87.2 Å². The van der Waals surface area contributed by atoms with E-state index >= 15 is 0 Å². The summed E-state index contributed by atoms with van der Waals surface area (Å²) in [4.78, 5) is 39.1. The Hall–Kier alpha value is -4.69. The third kappa shape index (κ3) is 19.7. The Morgan fingerprint density at radius 3 is 1.97 bits per heavy atom. The van der Waals surface area contributed by atoms with Crippen LogP contribution in [0.4, 0.5) is 0 Å². The van der Waals surface area contributed by atoms with E-state index in [1.807, 2.05) is 0 Å². The van der Waals surface area contributed by atoms with E-state index in [4.69, 9.17) is 5.21 Å². The van der Waals surface area contributed by atoms with Crippen LogP contribution in [0.5, 0.6) is 0 Å². The number of amides is 3. The maximum atomic E-state index is 12.7. The van der Waals surface area contributed by atoms with Crippen molar-refractivity contribution in [2.75, 3.05) is 46.3 Å². The molecule has 0 unspecified atom stereocenters. The number of hydroxylamine groups is 6. The molecule has 326 valence electrons. The van der Waals surface area contributed by atoms with Gasteiger partial charge in [-0.05, 0) is 106 Å². The molecule has 1 heterocycles. The molecule has 13 nitrogen and oxygen atoms in total. The number of hydrogen-bond acceptors (Lipinski definition) is 10. The lowest BCUT2D eigenvalue weighted by Crippen LogP contribution is -2.31. The number of allylic oxidation sites excluding steroid dienone is 7. The van der Waals surface area contributed by atoms with Crippen molar-refractivity contribution >= 4 is 23.8 Å². The molecule has 0 bridgehead atoms. The molecule has 2 aliphatic rings. The Morgan fingerprint density at radius 1 is 0.678 bits per heavy atom. The van der Waals surface area contributed by atoms with Crippen LogP contribution in [-0.2, 0) is 20.9 Å². The molecular formula is C46H71N7O6. The largest absolute Gasteiger partial charge is 0.389 e. The van der Waals surface area contributed by atoms with Gasteiger partial charge < -0.3 is 26.1 Å². The number of fused-ring (bicyclic) bond motifs is 1. The van der Waals surface area contributed by atoms with Crippen LogP contribution in [0.25, 0.3) is 6.08 Å². The van der Waals surface area contributed by atoms with Crippen molar-refractivity contribution in [3.05, 3.63) is 102 Å². The predicted molar refractivity (Wildman–Crippen MR) is 234 cm³/mol. The van der Waals surface area contributed by atoms with E-state index in [9.17, 15) is 24.8 Å². The highest BCUT2D eigenvalue weighted by atomic mass is 16.5. The average Bonchev–Trinajstić information content (AvgIpc) is 3.22. The molecule has 0 fully saturated rings. The minimum atomic E-state index is -0.466. The maximum Gasteiger partial charge on any atom is 0.246 e. The summed E-state index contributed by atoms with van der Waals surface area (Å²) in [7, 11) is 1.60. The van der Waals surface area contributed by atoms with Gasteiger partial charge in [-0.1, -0.05) is 68.7 Å². The first-order chi connectivity index (χ1) is 28.4. The second-order valence-corrected chi connectivity index (χ2v) is 15.5. The van der Waals surface area contributed by atoms with Crippen LogP contribution in [0.3, 0.4) is 0 Å². The molecule has 0 atom stereocenters. The summed E-state index contributed by atoms with van der Waals surface area (Å²) in [6, 6.07) is 8.43. The molecule has 59 heavy (non-hydrogen) atoms. The monoisotopic (exact) mass is 818 g/mol. The van der Waals surface area contributed by atoms with Crippen LogP contribution >= 0.6 is 0 Å². The third-order valence-electron chi connectivity index (χ3n) is 10.6. The quantitative estimate of drug-likeness (QED) is 0.0260. The smallest absolute Gasteiger partial charge is 0.246 e. The molecule has 0 radical (unpaired) electrons. The number of unbranched alkanes of at least 4 members (excludes halogenated alkanes) is 6. The summed E-state index contributed by atoms with van der Waals surface area (Å²) in [5, 5.41) is 41.8. The summed E-state index contributed by atoms with van der Waals surface area (Å²) in [5.41, 5.74) is 7.34. The maximum absolute atomic E-state index is 12.7. The van der Waals surface area contributed by atoms with Gasteiger partial charge in [0, 0.05) is 94.9 Å². The molecule has 0 saturated carbocycles. The highest BCUT2D eigenvalue weighted by molar-refractivity contribution is 5.83. The fraction of sp³-hybridized carbons (Fsp3) is 0.543. The Morgan fingerprint density at radius 2 is 1.29 bits per heavy atom. The van der Waals surface area contributed by atoms with E-state index in [0.29, 0.717) is 75.6 Å². The van der Waals surface area contributed by atoms with Crippen molar-refractivity contribution < 1.29 is 30.0 Å². The van der Waals surface area contributed by atoms with Crippen LogP contribution in [0.1, 0.15) is 120 Å². The fourth-order valence-corrected chi connectivity index (χ4v) is 6.87. The summed E-state index contributed by atoms with van der Waals surface area (Å²) in [6.07, 6.45) is 20.3. The molecule has 1 aromatic carbocycles. The lowest BCUT2D eigenvalue weighted by atomic mass is 9.95. The summed E-state index contributed by atoms with van der Waals surface area (Å²) < 4.78 is 0.